The summed E-state index contributed by atoms with van der Waals surface area (Å²) in [6.45, 7) is 4.31. The van der Waals surface area contributed by atoms with Crippen LogP contribution in [0.5, 0.6) is 5.75 Å². The number of nitrogens with zero attached hydrogens (tertiary/aromatic N) is 3. The summed E-state index contributed by atoms with van der Waals surface area (Å²) in [7, 11) is 0. The molecule has 2 N–H and O–H groups in total. The minimum Gasteiger partial charge on any atom is -0.492 e. The van der Waals surface area contributed by atoms with Crippen LogP contribution in [0, 0.1) is 0 Å². The van der Waals surface area contributed by atoms with Crippen molar-refractivity contribution in [3.05, 3.63) is 42.0 Å². The molecule has 2 aromatic rings. The Balaban J connectivity index is 1.72. The van der Waals surface area contributed by atoms with Gasteiger partial charge in [-0.15, -0.1) is 10.2 Å². The Bertz CT molecular complexity index is 655. The fourth-order valence-corrected chi connectivity index (χ4v) is 2.51. The quantitative estimate of drug-likeness (QED) is 0.866. The molecule has 2 heterocycles. The topological polar surface area (TPSA) is 81.1 Å². The molecule has 1 amide bonds. The zero-order chi connectivity index (χ0) is 15.4. The molecule has 22 heavy (non-hydrogen) atoms. The number of rotatable bonds is 4. The summed E-state index contributed by atoms with van der Waals surface area (Å²) in [5, 5.41) is 14.0. The van der Waals surface area contributed by atoms with Gasteiger partial charge in [-0.05, 0) is 13.0 Å². The number of ether oxygens (including phenoxy) is 1. The van der Waals surface area contributed by atoms with E-state index in [2.05, 4.69) is 20.8 Å². The number of amides is 1. The summed E-state index contributed by atoms with van der Waals surface area (Å²) in [5.74, 6) is 1.40. The van der Waals surface area contributed by atoms with Crippen LogP contribution in [-0.2, 0) is 17.9 Å². The summed E-state index contributed by atoms with van der Waals surface area (Å²) in [4.78, 5) is 12.5. The monoisotopic (exact) mass is 301 g/mol. The fourth-order valence-electron chi connectivity index (χ4n) is 2.51. The molecule has 1 aromatic carbocycles. The Morgan fingerprint density at radius 1 is 1.50 bits per heavy atom. The standard InChI is InChI=1S/C15H19N5O2/c1-2-20-10-18-19-13(20)9-17-15(21)14-11-5-3-4-6-12(11)22-8-7-16-14/h3-6,10,14,16H,2,7-9H2,1H3,(H,17,21). The van der Waals surface area contributed by atoms with E-state index in [4.69, 9.17) is 4.74 Å². The minimum atomic E-state index is -0.420. The number of hydrogen-bond donors (Lipinski definition) is 2. The smallest absolute Gasteiger partial charge is 0.242 e. The number of para-hydroxylation sites is 1. The number of nitrogens with one attached hydrogen (secondary N) is 2. The highest BCUT2D eigenvalue weighted by Crippen LogP contribution is 2.26. The maximum Gasteiger partial charge on any atom is 0.242 e. The van der Waals surface area contributed by atoms with E-state index in [0.29, 0.717) is 19.7 Å². The third-order valence-electron chi connectivity index (χ3n) is 3.66. The van der Waals surface area contributed by atoms with Gasteiger partial charge in [0.2, 0.25) is 5.91 Å². The maximum atomic E-state index is 12.5. The summed E-state index contributed by atoms with van der Waals surface area (Å²) < 4.78 is 7.55. The number of carbonyl (C=O) groups excluding carboxylic acids is 1. The van der Waals surface area contributed by atoms with Crippen LogP contribution in [-0.4, -0.2) is 33.8 Å². The van der Waals surface area contributed by atoms with E-state index in [9.17, 15) is 4.79 Å². The second kappa shape index (κ2) is 6.57. The Morgan fingerprint density at radius 3 is 3.23 bits per heavy atom. The molecule has 0 spiro atoms. The molecule has 3 rings (SSSR count). The second-order valence-electron chi connectivity index (χ2n) is 5.02. The van der Waals surface area contributed by atoms with Gasteiger partial charge in [-0.1, -0.05) is 18.2 Å². The van der Waals surface area contributed by atoms with Crippen molar-refractivity contribution in [3.8, 4) is 5.75 Å². The number of fused-ring (bicyclic) bond motifs is 1. The fraction of sp³-hybridized carbons (Fsp3) is 0.400. The first-order valence-electron chi connectivity index (χ1n) is 7.39. The number of benzene rings is 1. The van der Waals surface area contributed by atoms with Crippen LogP contribution >= 0.6 is 0 Å². The molecule has 1 aromatic heterocycles. The summed E-state index contributed by atoms with van der Waals surface area (Å²) in [5.41, 5.74) is 0.856. The zero-order valence-electron chi connectivity index (χ0n) is 12.5. The predicted molar refractivity (Wildman–Crippen MR) is 80.2 cm³/mol. The Kier molecular flexibility index (Phi) is 4.34. The van der Waals surface area contributed by atoms with Crippen LogP contribution < -0.4 is 15.4 Å². The van der Waals surface area contributed by atoms with Crippen molar-refractivity contribution < 1.29 is 9.53 Å². The van der Waals surface area contributed by atoms with E-state index < -0.39 is 6.04 Å². The summed E-state index contributed by atoms with van der Waals surface area (Å²) in [6.07, 6.45) is 1.66. The average molecular weight is 301 g/mol. The highest BCUT2D eigenvalue weighted by atomic mass is 16.5. The van der Waals surface area contributed by atoms with Crippen LogP contribution in [0.3, 0.4) is 0 Å². The van der Waals surface area contributed by atoms with Gasteiger partial charge in [0.15, 0.2) is 5.82 Å². The Morgan fingerprint density at radius 2 is 2.36 bits per heavy atom. The molecule has 7 heteroatoms. The van der Waals surface area contributed by atoms with Gasteiger partial charge < -0.3 is 14.6 Å². The third kappa shape index (κ3) is 2.94. The molecule has 1 aliphatic rings. The molecule has 1 unspecified atom stereocenters. The molecule has 7 nitrogen and oxygen atoms in total. The molecule has 0 bridgehead atoms. The average Bonchev–Trinajstić information content (AvgIpc) is 2.90. The number of carbonyl (C=O) groups is 1. The van der Waals surface area contributed by atoms with Crippen LogP contribution in [0.25, 0.3) is 0 Å². The molecule has 0 saturated heterocycles. The van der Waals surface area contributed by atoms with E-state index in [0.717, 1.165) is 23.7 Å². The minimum absolute atomic E-state index is 0.0939. The first kappa shape index (κ1) is 14.5. The largest absolute Gasteiger partial charge is 0.492 e. The van der Waals surface area contributed by atoms with Gasteiger partial charge in [-0.2, -0.15) is 0 Å². The van der Waals surface area contributed by atoms with Crippen molar-refractivity contribution in [3.63, 3.8) is 0 Å². The van der Waals surface area contributed by atoms with Gasteiger partial charge in [0.05, 0.1) is 6.54 Å². The van der Waals surface area contributed by atoms with Crippen molar-refractivity contribution in [1.82, 2.24) is 25.4 Å². The van der Waals surface area contributed by atoms with Gasteiger partial charge in [0.1, 0.15) is 24.7 Å². The Labute approximate surface area is 128 Å². The predicted octanol–water partition coefficient (Wildman–Crippen LogP) is 0.638. The van der Waals surface area contributed by atoms with Crippen LogP contribution in [0.4, 0.5) is 0 Å². The van der Waals surface area contributed by atoms with Crippen LogP contribution in [0.2, 0.25) is 0 Å². The first-order chi connectivity index (χ1) is 10.8. The van der Waals surface area contributed by atoms with Crippen molar-refractivity contribution in [2.24, 2.45) is 0 Å². The Hall–Kier alpha value is -2.41. The highest BCUT2D eigenvalue weighted by Gasteiger charge is 2.25. The SMILES string of the molecule is CCn1cnnc1CNC(=O)C1NCCOc2ccccc21. The summed E-state index contributed by atoms with van der Waals surface area (Å²) in [6, 6.07) is 7.19. The lowest BCUT2D eigenvalue weighted by Crippen LogP contribution is -2.38. The molecule has 1 aliphatic heterocycles. The molecule has 0 aliphatic carbocycles. The van der Waals surface area contributed by atoms with Crippen molar-refractivity contribution in [2.75, 3.05) is 13.2 Å². The zero-order valence-corrected chi connectivity index (χ0v) is 12.5. The van der Waals surface area contributed by atoms with Crippen molar-refractivity contribution >= 4 is 5.91 Å². The van der Waals surface area contributed by atoms with Gasteiger partial charge in [-0.3, -0.25) is 10.1 Å². The highest BCUT2D eigenvalue weighted by molar-refractivity contribution is 5.84. The molecule has 116 valence electrons. The molecule has 0 saturated carbocycles. The van der Waals surface area contributed by atoms with Gasteiger partial charge in [0, 0.05) is 18.7 Å². The number of aryl methyl sites for hydroxylation is 1. The maximum absolute atomic E-state index is 12.5. The normalized spacial score (nSPS) is 17.2. The molecule has 0 fully saturated rings. The van der Waals surface area contributed by atoms with Crippen molar-refractivity contribution in [1.29, 1.82) is 0 Å². The van der Waals surface area contributed by atoms with E-state index in [-0.39, 0.29) is 5.91 Å². The number of hydrogen-bond acceptors (Lipinski definition) is 5. The third-order valence-corrected chi connectivity index (χ3v) is 3.66. The van der Waals surface area contributed by atoms with E-state index in [1.165, 1.54) is 0 Å². The van der Waals surface area contributed by atoms with Gasteiger partial charge in [0.25, 0.3) is 0 Å². The lowest BCUT2D eigenvalue weighted by Gasteiger charge is -2.17. The second-order valence-corrected chi connectivity index (χ2v) is 5.02. The van der Waals surface area contributed by atoms with Crippen molar-refractivity contribution in [2.45, 2.75) is 26.1 Å². The molecular weight excluding hydrogens is 282 g/mol. The van der Waals surface area contributed by atoms with E-state index in [1.807, 2.05) is 35.8 Å². The van der Waals surface area contributed by atoms with E-state index >= 15 is 0 Å². The van der Waals surface area contributed by atoms with Crippen LogP contribution in [0.1, 0.15) is 24.4 Å². The first-order valence-corrected chi connectivity index (χ1v) is 7.39. The number of aromatic nitrogens is 3. The van der Waals surface area contributed by atoms with Gasteiger partial charge in [-0.25, -0.2) is 0 Å². The lowest BCUT2D eigenvalue weighted by atomic mass is 10.1. The molecule has 0 radical (unpaired) electrons. The van der Waals surface area contributed by atoms with Gasteiger partial charge >= 0.3 is 0 Å². The van der Waals surface area contributed by atoms with Crippen LogP contribution in [0.15, 0.2) is 30.6 Å². The van der Waals surface area contributed by atoms with E-state index in [1.54, 1.807) is 6.33 Å². The molecule has 1 atom stereocenters. The summed E-state index contributed by atoms with van der Waals surface area (Å²) >= 11 is 0. The lowest BCUT2D eigenvalue weighted by molar-refractivity contribution is -0.123. The molecular formula is C15H19N5O2.